The molecule has 0 atom stereocenters. The number of carbonyl (C=O) groups excluding carboxylic acids is 1. The number of benzene rings is 1. The molecule has 1 amide bonds. The van der Waals surface area contributed by atoms with Gasteiger partial charge in [-0.25, -0.2) is 0 Å². The maximum Gasteiger partial charge on any atom is 0.222 e. The second-order valence-electron chi connectivity index (χ2n) is 3.98. The fraction of sp³-hybridized carbons (Fsp3) is 0.154. The normalized spacial score (nSPS) is 10.3. The maximum atomic E-state index is 10.9. The van der Waals surface area contributed by atoms with Crippen LogP contribution >= 0.6 is 35.0 Å². The minimum absolute atomic E-state index is 0.171. The van der Waals surface area contributed by atoms with Gasteiger partial charge >= 0.3 is 0 Å². The van der Waals surface area contributed by atoms with Crippen molar-refractivity contribution in [1.82, 2.24) is 10.2 Å². The van der Waals surface area contributed by atoms with E-state index >= 15 is 0 Å². The molecule has 0 radical (unpaired) electrons. The van der Waals surface area contributed by atoms with Crippen LogP contribution in [0.15, 0.2) is 35.4 Å². The van der Waals surface area contributed by atoms with E-state index in [1.807, 2.05) is 12.1 Å². The van der Waals surface area contributed by atoms with Crippen LogP contribution < -0.4 is 5.32 Å². The summed E-state index contributed by atoms with van der Waals surface area (Å²) in [4.78, 5) is 10.9. The zero-order valence-electron chi connectivity index (χ0n) is 10.6. The summed E-state index contributed by atoms with van der Waals surface area (Å²) in [5, 5.41) is 12.4. The minimum Gasteiger partial charge on any atom is -0.309 e. The summed E-state index contributed by atoms with van der Waals surface area (Å²) in [6, 6.07) is 9.04. The lowest BCUT2D eigenvalue weighted by Crippen LogP contribution is -2.07. The molecule has 1 heterocycles. The van der Waals surface area contributed by atoms with Gasteiger partial charge in [0.2, 0.25) is 5.91 Å². The van der Waals surface area contributed by atoms with Gasteiger partial charge in [0.15, 0.2) is 5.82 Å². The SMILES string of the molecule is CC(=O)Nc1ccc(SCc2ccc(Cl)c(Cl)c2)nn1. The summed E-state index contributed by atoms with van der Waals surface area (Å²) in [6.07, 6.45) is 0. The third-order valence-corrected chi connectivity index (χ3v) is 4.05. The lowest BCUT2D eigenvalue weighted by molar-refractivity contribution is -0.114. The summed E-state index contributed by atoms with van der Waals surface area (Å²) in [5.74, 6) is 0.984. The van der Waals surface area contributed by atoms with Crippen molar-refractivity contribution < 1.29 is 4.79 Å². The summed E-state index contributed by atoms with van der Waals surface area (Å²) < 4.78 is 0. The Bertz CT molecular complexity index is 620. The van der Waals surface area contributed by atoms with E-state index in [0.717, 1.165) is 10.6 Å². The number of halogens is 2. The molecule has 0 aliphatic carbocycles. The highest BCUT2D eigenvalue weighted by Gasteiger charge is 2.03. The first-order valence-corrected chi connectivity index (χ1v) is 7.47. The average Bonchev–Trinajstić information content (AvgIpc) is 2.41. The highest BCUT2D eigenvalue weighted by Crippen LogP contribution is 2.26. The highest BCUT2D eigenvalue weighted by atomic mass is 35.5. The van der Waals surface area contributed by atoms with E-state index < -0.39 is 0 Å². The number of carbonyl (C=O) groups is 1. The maximum absolute atomic E-state index is 10.9. The van der Waals surface area contributed by atoms with Gasteiger partial charge in [0.1, 0.15) is 5.03 Å². The number of amides is 1. The van der Waals surface area contributed by atoms with Crippen LogP contribution in [0.4, 0.5) is 5.82 Å². The van der Waals surface area contributed by atoms with Gasteiger partial charge in [-0.05, 0) is 29.8 Å². The Morgan fingerprint density at radius 1 is 1.20 bits per heavy atom. The molecule has 1 N–H and O–H groups in total. The molecule has 1 aromatic heterocycles. The summed E-state index contributed by atoms with van der Waals surface area (Å²) in [7, 11) is 0. The Hall–Kier alpha value is -1.30. The average molecular weight is 328 g/mol. The number of anilines is 1. The zero-order valence-corrected chi connectivity index (χ0v) is 12.9. The van der Waals surface area contributed by atoms with Crippen LogP contribution in [0.1, 0.15) is 12.5 Å². The number of nitrogens with one attached hydrogen (secondary N) is 1. The van der Waals surface area contributed by atoms with Gasteiger partial charge in [-0.3, -0.25) is 4.79 Å². The van der Waals surface area contributed by atoms with E-state index in [-0.39, 0.29) is 5.91 Å². The Morgan fingerprint density at radius 2 is 2.00 bits per heavy atom. The lowest BCUT2D eigenvalue weighted by Gasteiger charge is -2.04. The van der Waals surface area contributed by atoms with Crippen molar-refractivity contribution in [1.29, 1.82) is 0 Å². The number of nitrogens with zero attached hydrogens (tertiary/aromatic N) is 2. The van der Waals surface area contributed by atoms with Gasteiger partial charge in [0, 0.05) is 12.7 Å². The van der Waals surface area contributed by atoms with Crippen LogP contribution in [0.3, 0.4) is 0 Å². The lowest BCUT2D eigenvalue weighted by atomic mass is 10.2. The van der Waals surface area contributed by atoms with Gasteiger partial charge in [0.05, 0.1) is 10.0 Å². The molecule has 0 unspecified atom stereocenters. The molecule has 4 nitrogen and oxygen atoms in total. The van der Waals surface area contributed by atoms with Gasteiger partial charge in [-0.1, -0.05) is 41.0 Å². The fourth-order valence-corrected chi connectivity index (χ4v) is 2.51. The number of hydrogen-bond acceptors (Lipinski definition) is 4. The number of thioether (sulfide) groups is 1. The van der Waals surface area contributed by atoms with Crippen molar-refractivity contribution in [2.45, 2.75) is 17.7 Å². The molecule has 104 valence electrons. The Labute approximate surface area is 130 Å². The molecule has 0 aliphatic rings. The Balaban J connectivity index is 1.96. The standard InChI is InChI=1S/C13H11Cl2N3OS/c1-8(19)16-12-4-5-13(18-17-12)20-7-9-2-3-10(14)11(15)6-9/h2-6H,7H2,1H3,(H,16,17,19). The van der Waals surface area contributed by atoms with E-state index in [1.54, 1.807) is 18.2 Å². The molecular weight excluding hydrogens is 317 g/mol. The van der Waals surface area contributed by atoms with Gasteiger partial charge in [-0.15, -0.1) is 10.2 Å². The third-order valence-electron chi connectivity index (χ3n) is 2.31. The highest BCUT2D eigenvalue weighted by molar-refractivity contribution is 7.98. The van der Waals surface area contributed by atoms with Crippen LogP contribution in [0, 0.1) is 0 Å². The van der Waals surface area contributed by atoms with Crippen molar-refractivity contribution in [3.63, 3.8) is 0 Å². The van der Waals surface area contributed by atoms with Crippen molar-refractivity contribution >= 4 is 46.7 Å². The third kappa shape index (κ3) is 4.37. The summed E-state index contributed by atoms with van der Waals surface area (Å²) in [5.41, 5.74) is 1.05. The first-order chi connectivity index (χ1) is 9.54. The second-order valence-corrected chi connectivity index (χ2v) is 5.79. The van der Waals surface area contributed by atoms with Crippen LogP contribution in [-0.4, -0.2) is 16.1 Å². The molecular formula is C13H11Cl2N3OS. The molecule has 0 saturated carbocycles. The molecule has 0 spiro atoms. The number of hydrogen-bond donors (Lipinski definition) is 1. The zero-order chi connectivity index (χ0) is 14.5. The summed E-state index contributed by atoms with van der Waals surface area (Å²) in [6.45, 7) is 1.43. The minimum atomic E-state index is -0.171. The van der Waals surface area contributed by atoms with Crippen LogP contribution in [0.25, 0.3) is 0 Å². The van der Waals surface area contributed by atoms with E-state index in [2.05, 4.69) is 15.5 Å². The van der Waals surface area contributed by atoms with E-state index in [4.69, 9.17) is 23.2 Å². The van der Waals surface area contributed by atoms with Crippen molar-refractivity contribution in [3.8, 4) is 0 Å². The predicted octanol–water partition coefficient (Wildman–Crippen LogP) is 4.03. The molecule has 7 heteroatoms. The van der Waals surface area contributed by atoms with Gasteiger partial charge < -0.3 is 5.32 Å². The molecule has 2 aromatic rings. The quantitative estimate of drug-likeness (QED) is 0.861. The molecule has 2 rings (SSSR count). The van der Waals surface area contributed by atoms with E-state index in [0.29, 0.717) is 21.6 Å². The fourth-order valence-electron chi connectivity index (χ4n) is 1.43. The monoisotopic (exact) mass is 327 g/mol. The largest absolute Gasteiger partial charge is 0.309 e. The predicted molar refractivity (Wildman–Crippen MR) is 82.4 cm³/mol. The molecule has 0 aliphatic heterocycles. The molecule has 1 aromatic carbocycles. The van der Waals surface area contributed by atoms with Gasteiger partial charge in [-0.2, -0.15) is 0 Å². The second kappa shape index (κ2) is 6.92. The Kier molecular flexibility index (Phi) is 5.23. The smallest absolute Gasteiger partial charge is 0.222 e. The first-order valence-electron chi connectivity index (χ1n) is 5.72. The van der Waals surface area contributed by atoms with Crippen LogP contribution in [0.2, 0.25) is 10.0 Å². The Morgan fingerprint density at radius 3 is 2.60 bits per heavy atom. The molecule has 0 fully saturated rings. The number of aromatic nitrogens is 2. The van der Waals surface area contributed by atoms with Gasteiger partial charge in [0.25, 0.3) is 0 Å². The molecule has 20 heavy (non-hydrogen) atoms. The van der Waals surface area contributed by atoms with E-state index in [9.17, 15) is 4.79 Å². The van der Waals surface area contributed by atoms with Crippen LogP contribution in [-0.2, 0) is 10.5 Å². The van der Waals surface area contributed by atoms with Crippen LogP contribution in [0.5, 0.6) is 0 Å². The molecule has 0 saturated heterocycles. The van der Waals surface area contributed by atoms with Crippen molar-refractivity contribution in [2.24, 2.45) is 0 Å². The topological polar surface area (TPSA) is 54.9 Å². The number of rotatable bonds is 4. The van der Waals surface area contributed by atoms with E-state index in [1.165, 1.54) is 18.7 Å². The first kappa shape index (κ1) is 15.1. The summed E-state index contributed by atoms with van der Waals surface area (Å²) >= 11 is 13.3. The van der Waals surface area contributed by atoms with Crippen molar-refractivity contribution in [2.75, 3.05) is 5.32 Å². The van der Waals surface area contributed by atoms with Crippen molar-refractivity contribution in [3.05, 3.63) is 45.9 Å². The molecule has 0 bridgehead atoms.